The number of aliphatic imine (C=N–C) groups is 1. The first-order chi connectivity index (χ1) is 13.1. The van der Waals surface area contributed by atoms with Crippen molar-refractivity contribution in [3.63, 3.8) is 0 Å². The molecule has 3 N–H and O–H groups in total. The van der Waals surface area contributed by atoms with Crippen LogP contribution in [0.3, 0.4) is 0 Å². The van der Waals surface area contributed by atoms with Gasteiger partial charge in [0.2, 0.25) is 0 Å². The van der Waals surface area contributed by atoms with Crippen LogP contribution in [0.4, 0.5) is 0 Å². The molecule has 2 fully saturated rings. The Hall–Kier alpha value is -0.380. The van der Waals surface area contributed by atoms with Gasteiger partial charge in [-0.25, -0.2) is 0 Å². The lowest BCUT2D eigenvalue weighted by molar-refractivity contribution is 0.131. The van der Waals surface area contributed by atoms with Gasteiger partial charge in [-0.15, -0.1) is 24.0 Å². The summed E-state index contributed by atoms with van der Waals surface area (Å²) in [6, 6.07) is 8.74. The van der Waals surface area contributed by atoms with Crippen LogP contribution in [0.5, 0.6) is 0 Å². The Morgan fingerprint density at radius 3 is 2.50 bits per heavy atom. The van der Waals surface area contributed by atoms with Crippen molar-refractivity contribution in [1.82, 2.24) is 10.6 Å². The van der Waals surface area contributed by atoms with E-state index < -0.39 is 0 Å². The van der Waals surface area contributed by atoms with Gasteiger partial charge in [-0.1, -0.05) is 34.5 Å². The van der Waals surface area contributed by atoms with Gasteiger partial charge in [-0.2, -0.15) is 0 Å². The number of benzene rings is 1. The third-order valence-electron chi connectivity index (χ3n) is 6.11. The van der Waals surface area contributed by atoms with E-state index in [0.717, 1.165) is 43.0 Å². The fourth-order valence-corrected chi connectivity index (χ4v) is 4.37. The highest BCUT2D eigenvalue weighted by Gasteiger charge is 2.39. The van der Waals surface area contributed by atoms with Crippen LogP contribution in [-0.2, 0) is 10.2 Å². The summed E-state index contributed by atoms with van der Waals surface area (Å²) >= 11 is 3.53. The molecule has 158 valence electrons. The van der Waals surface area contributed by atoms with E-state index in [9.17, 15) is 5.11 Å². The molecule has 1 atom stereocenters. The van der Waals surface area contributed by atoms with Gasteiger partial charge in [-0.05, 0) is 50.3 Å². The molecular weight excluding hydrogens is 533 g/mol. The Kier molecular flexibility index (Phi) is 9.50. The molecular formula is C21H33BrIN3O2. The highest BCUT2D eigenvalue weighted by Crippen LogP contribution is 2.43. The smallest absolute Gasteiger partial charge is 0.191 e. The average Bonchev–Trinajstić information content (AvgIpc) is 3.09. The molecule has 28 heavy (non-hydrogen) atoms. The summed E-state index contributed by atoms with van der Waals surface area (Å²) in [5.74, 6) is 0.866. The predicted molar refractivity (Wildman–Crippen MR) is 129 cm³/mol. The second-order valence-electron chi connectivity index (χ2n) is 7.97. The standard InChI is InChI=1S/C21H32BrN3O2.HI/c1-2-23-19(24-14-20(10-12-26)11-13-27-16-20)25-15-21(8-3-9-21)17-4-6-18(22)7-5-17;/h4-7,26H,2-3,8-16H2,1H3,(H2,23,24,25);1H. The molecule has 7 heteroatoms. The van der Waals surface area contributed by atoms with Crippen molar-refractivity contribution in [2.24, 2.45) is 10.4 Å². The molecule has 0 spiro atoms. The molecule has 0 radical (unpaired) electrons. The van der Waals surface area contributed by atoms with Crippen molar-refractivity contribution in [3.8, 4) is 0 Å². The van der Waals surface area contributed by atoms with E-state index >= 15 is 0 Å². The van der Waals surface area contributed by atoms with Crippen LogP contribution >= 0.6 is 39.9 Å². The van der Waals surface area contributed by atoms with Gasteiger partial charge < -0.3 is 20.5 Å². The summed E-state index contributed by atoms with van der Waals surface area (Å²) in [7, 11) is 0. The second-order valence-corrected chi connectivity index (χ2v) is 8.88. The van der Waals surface area contributed by atoms with Gasteiger partial charge in [0.1, 0.15) is 0 Å². The van der Waals surface area contributed by atoms with Crippen molar-refractivity contribution in [2.45, 2.75) is 44.4 Å². The first kappa shape index (κ1) is 23.9. The van der Waals surface area contributed by atoms with Gasteiger partial charge in [0, 0.05) is 41.6 Å². The Labute approximate surface area is 194 Å². The molecule has 1 heterocycles. The lowest BCUT2D eigenvalue weighted by Gasteiger charge is -2.43. The third-order valence-corrected chi connectivity index (χ3v) is 6.63. The molecule has 2 aliphatic rings. The van der Waals surface area contributed by atoms with Crippen LogP contribution in [0.2, 0.25) is 0 Å². The number of hydrogen-bond donors (Lipinski definition) is 3. The van der Waals surface area contributed by atoms with E-state index in [-0.39, 0.29) is 41.4 Å². The van der Waals surface area contributed by atoms with E-state index in [4.69, 9.17) is 9.73 Å². The molecule has 1 saturated carbocycles. The number of aliphatic hydroxyl groups is 1. The molecule has 5 nitrogen and oxygen atoms in total. The number of ether oxygens (including phenoxy) is 1. The molecule has 3 rings (SSSR count). The SMILES string of the molecule is CCNC(=NCC1(CCO)CCOC1)NCC1(c2ccc(Br)cc2)CCC1.I. The number of nitrogens with one attached hydrogen (secondary N) is 2. The first-order valence-corrected chi connectivity index (χ1v) is 10.9. The highest BCUT2D eigenvalue weighted by molar-refractivity contribution is 14.0. The summed E-state index contributed by atoms with van der Waals surface area (Å²) in [4.78, 5) is 4.85. The number of aliphatic hydroxyl groups excluding tert-OH is 1. The van der Waals surface area contributed by atoms with E-state index in [1.165, 1.54) is 24.8 Å². The van der Waals surface area contributed by atoms with Crippen molar-refractivity contribution in [1.29, 1.82) is 0 Å². The monoisotopic (exact) mass is 565 g/mol. The first-order valence-electron chi connectivity index (χ1n) is 10.1. The zero-order valence-corrected chi connectivity index (χ0v) is 20.6. The zero-order chi connectivity index (χ0) is 19.2. The minimum atomic E-state index is -0.0169. The molecule has 1 aromatic rings. The Morgan fingerprint density at radius 1 is 1.21 bits per heavy atom. The number of halogens is 2. The number of guanidine groups is 1. The fraction of sp³-hybridized carbons (Fsp3) is 0.667. The molecule has 1 aromatic carbocycles. The fourth-order valence-electron chi connectivity index (χ4n) is 4.10. The lowest BCUT2D eigenvalue weighted by Crippen LogP contribution is -2.49. The summed E-state index contributed by atoms with van der Waals surface area (Å²) in [5.41, 5.74) is 1.59. The van der Waals surface area contributed by atoms with Crippen molar-refractivity contribution in [2.75, 3.05) is 39.5 Å². The zero-order valence-electron chi connectivity index (χ0n) is 16.7. The van der Waals surface area contributed by atoms with Gasteiger partial charge >= 0.3 is 0 Å². The van der Waals surface area contributed by atoms with Crippen molar-refractivity contribution in [3.05, 3.63) is 34.3 Å². The molecule has 1 saturated heterocycles. The molecule has 0 aromatic heterocycles. The molecule has 1 aliphatic heterocycles. The lowest BCUT2D eigenvalue weighted by atomic mass is 9.64. The van der Waals surface area contributed by atoms with Crippen molar-refractivity contribution < 1.29 is 9.84 Å². The molecule has 0 amide bonds. The van der Waals surface area contributed by atoms with Crippen LogP contribution in [0.15, 0.2) is 33.7 Å². The maximum atomic E-state index is 9.42. The van der Waals surface area contributed by atoms with Gasteiger partial charge in [0.15, 0.2) is 5.96 Å². The largest absolute Gasteiger partial charge is 0.396 e. The summed E-state index contributed by atoms with van der Waals surface area (Å²) < 4.78 is 6.71. The van der Waals surface area contributed by atoms with Crippen molar-refractivity contribution >= 4 is 45.9 Å². The number of nitrogens with zero attached hydrogens (tertiary/aromatic N) is 1. The Balaban J connectivity index is 0.00000280. The van der Waals surface area contributed by atoms with E-state index in [1.807, 2.05) is 0 Å². The third kappa shape index (κ3) is 5.83. The Morgan fingerprint density at radius 2 is 1.96 bits per heavy atom. The summed E-state index contributed by atoms with van der Waals surface area (Å²) in [5, 5.41) is 16.4. The normalized spacial score (nSPS) is 23.6. The highest BCUT2D eigenvalue weighted by atomic mass is 127. The van der Waals surface area contributed by atoms with Crippen LogP contribution in [-0.4, -0.2) is 50.5 Å². The minimum absolute atomic E-state index is 0. The molecule has 1 aliphatic carbocycles. The van der Waals surface area contributed by atoms with E-state index in [1.54, 1.807) is 0 Å². The summed E-state index contributed by atoms with van der Waals surface area (Å²) in [6.07, 6.45) is 5.42. The molecule has 1 unspecified atom stereocenters. The minimum Gasteiger partial charge on any atom is -0.396 e. The van der Waals surface area contributed by atoms with Crippen LogP contribution in [0.1, 0.15) is 44.6 Å². The van der Waals surface area contributed by atoms with Crippen LogP contribution in [0, 0.1) is 5.41 Å². The maximum Gasteiger partial charge on any atom is 0.191 e. The van der Waals surface area contributed by atoms with Crippen LogP contribution < -0.4 is 10.6 Å². The predicted octanol–water partition coefficient (Wildman–Crippen LogP) is 3.83. The van der Waals surface area contributed by atoms with Crippen LogP contribution in [0.25, 0.3) is 0 Å². The molecule has 0 bridgehead atoms. The Bertz CT molecular complexity index is 629. The topological polar surface area (TPSA) is 65.9 Å². The van der Waals surface area contributed by atoms with Gasteiger partial charge in [0.05, 0.1) is 13.2 Å². The maximum absolute atomic E-state index is 9.42. The van der Waals surface area contributed by atoms with Gasteiger partial charge in [-0.3, -0.25) is 4.99 Å². The van der Waals surface area contributed by atoms with Gasteiger partial charge in [0.25, 0.3) is 0 Å². The van der Waals surface area contributed by atoms with E-state index in [0.29, 0.717) is 13.2 Å². The number of hydrogen-bond acceptors (Lipinski definition) is 3. The second kappa shape index (κ2) is 11.1. The van der Waals surface area contributed by atoms with E-state index in [2.05, 4.69) is 57.8 Å². The average molecular weight is 566 g/mol. The number of rotatable bonds is 8. The summed E-state index contributed by atoms with van der Waals surface area (Å²) in [6.45, 7) is 6.16. The quantitative estimate of drug-likeness (QED) is 0.255.